The summed E-state index contributed by atoms with van der Waals surface area (Å²) in [5.41, 5.74) is 6.05. The molecule has 4 aromatic rings. The number of H-pyrrole nitrogens is 2. The first-order valence-electron chi connectivity index (χ1n) is 8.19. The van der Waals surface area contributed by atoms with Crippen molar-refractivity contribution in [3.63, 3.8) is 0 Å². The maximum atomic E-state index is 12.4. The second-order valence-corrected chi connectivity index (χ2v) is 6.31. The fourth-order valence-corrected chi connectivity index (χ4v) is 2.99. The van der Waals surface area contributed by atoms with Crippen molar-refractivity contribution >= 4 is 22.6 Å². The minimum atomic E-state index is -0.245. The van der Waals surface area contributed by atoms with Crippen LogP contribution in [0.3, 0.4) is 0 Å². The molecule has 26 heavy (non-hydrogen) atoms. The highest BCUT2D eigenvalue weighted by molar-refractivity contribution is 6.04. The number of hydrogen-bond donors (Lipinski definition) is 3. The Balaban J connectivity index is 1.66. The van der Waals surface area contributed by atoms with Crippen LogP contribution in [0.25, 0.3) is 22.3 Å². The molecule has 0 saturated carbocycles. The molecule has 0 aliphatic heterocycles. The zero-order valence-corrected chi connectivity index (χ0v) is 14.9. The number of rotatable bonds is 3. The molecule has 0 unspecified atom stereocenters. The molecule has 4 rings (SSSR count). The fraction of sp³-hybridized carbons (Fsp3) is 0.222. The topological polar surface area (TPSA) is 112 Å². The van der Waals surface area contributed by atoms with E-state index in [1.165, 1.54) is 0 Å². The number of pyridine rings is 1. The minimum Gasteiger partial charge on any atom is -0.361 e. The monoisotopic (exact) mass is 350 g/mol. The molecule has 8 heteroatoms. The largest absolute Gasteiger partial charge is 0.361 e. The van der Waals surface area contributed by atoms with Gasteiger partial charge in [0.05, 0.1) is 34.5 Å². The highest BCUT2D eigenvalue weighted by Gasteiger charge is 2.16. The normalized spacial score (nSPS) is 11.2. The number of carbonyl (C=O) groups excluding carboxylic acids is 1. The maximum Gasteiger partial charge on any atom is 0.273 e. The minimum absolute atomic E-state index is 0.245. The number of hydrogen-bond acceptors (Lipinski definition) is 5. The van der Waals surface area contributed by atoms with E-state index in [1.54, 1.807) is 6.20 Å². The number of aromatic amines is 2. The van der Waals surface area contributed by atoms with Gasteiger partial charge in [-0.2, -0.15) is 5.10 Å². The van der Waals surface area contributed by atoms with Crippen LogP contribution < -0.4 is 5.32 Å². The summed E-state index contributed by atoms with van der Waals surface area (Å²) in [5.74, 6) is 0.499. The van der Waals surface area contributed by atoms with E-state index in [9.17, 15) is 4.79 Å². The molecule has 1 amide bonds. The molecular weight excluding hydrogens is 332 g/mol. The SMILES string of the molecule is Cc1n[nH]c(C(=O)Nc2cnc3[nH]c(-c4c(C)noc4C)cc3c2)c1C. The lowest BCUT2D eigenvalue weighted by Gasteiger charge is -2.04. The lowest BCUT2D eigenvalue weighted by atomic mass is 10.1. The van der Waals surface area contributed by atoms with E-state index in [0.717, 1.165) is 45.0 Å². The number of anilines is 1. The van der Waals surface area contributed by atoms with Crippen LogP contribution in [-0.2, 0) is 0 Å². The molecule has 3 N–H and O–H groups in total. The van der Waals surface area contributed by atoms with Crippen LogP contribution in [0.2, 0.25) is 0 Å². The van der Waals surface area contributed by atoms with E-state index >= 15 is 0 Å². The second-order valence-electron chi connectivity index (χ2n) is 6.31. The smallest absolute Gasteiger partial charge is 0.273 e. The Labute approximate surface area is 149 Å². The quantitative estimate of drug-likeness (QED) is 0.524. The summed E-state index contributed by atoms with van der Waals surface area (Å²) in [6.45, 7) is 7.48. The third kappa shape index (κ3) is 2.55. The third-order valence-electron chi connectivity index (χ3n) is 4.51. The molecule has 0 spiro atoms. The Kier molecular flexibility index (Phi) is 3.61. The Morgan fingerprint density at radius 3 is 2.62 bits per heavy atom. The van der Waals surface area contributed by atoms with Crippen molar-refractivity contribution < 1.29 is 9.32 Å². The molecule has 4 heterocycles. The number of amides is 1. The van der Waals surface area contributed by atoms with Crippen LogP contribution in [-0.4, -0.2) is 31.2 Å². The molecule has 0 radical (unpaired) electrons. The molecule has 8 nitrogen and oxygen atoms in total. The average molecular weight is 350 g/mol. The number of aryl methyl sites for hydroxylation is 3. The fourth-order valence-electron chi connectivity index (χ4n) is 2.99. The van der Waals surface area contributed by atoms with Crippen LogP contribution in [0.1, 0.15) is 33.2 Å². The third-order valence-corrected chi connectivity index (χ3v) is 4.51. The van der Waals surface area contributed by atoms with Gasteiger partial charge in [-0.15, -0.1) is 0 Å². The zero-order valence-electron chi connectivity index (χ0n) is 14.9. The average Bonchev–Trinajstić information content (AvgIpc) is 3.26. The molecular formula is C18H18N6O2. The van der Waals surface area contributed by atoms with E-state index in [-0.39, 0.29) is 5.91 Å². The molecule has 0 fully saturated rings. The molecule has 0 aliphatic carbocycles. The number of nitrogens with zero attached hydrogens (tertiary/aromatic N) is 3. The summed E-state index contributed by atoms with van der Waals surface area (Å²) in [4.78, 5) is 20.1. The van der Waals surface area contributed by atoms with Gasteiger partial charge in [0.25, 0.3) is 5.91 Å². The number of aromatic nitrogens is 5. The van der Waals surface area contributed by atoms with Gasteiger partial charge in [0.1, 0.15) is 17.1 Å². The Bertz CT molecular complexity index is 1110. The molecule has 4 aromatic heterocycles. The van der Waals surface area contributed by atoms with Crippen LogP contribution in [0.15, 0.2) is 22.9 Å². The van der Waals surface area contributed by atoms with Crippen molar-refractivity contribution in [1.82, 2.24) is 25.3 Å². The van der Waals surface area contributed by atoms with Gasteiger partial charge >= 0.3 is 0 Å². The van der Waals surface area contributed by atoms with Gasteiger partial charge < -0.3 is 14.8 Å². The number of carbonyl (C=O) groups is 1. The first kappa shape index (κ1) is 16.1. The maximum absolute atomic E-state index is 12.4. The van der Waals surface area contributed by atoms with Gasteiger partial charge in [0, 0.05) is 10.9 Å². The molecule has 132 valence electrons. The summed E-state index contributed by atoms with van der Waals surface area (Å²) in [6.07, 6.45) is 1.62. The number of fused-ring (bicyclic) bond motifs is 1. The van der Waals surface area contributed by atoms with Crippen molar-refractivity contribution in [2.75, 3.05) is 5.32 Å². The first-order chi connectivity index (χ1) is 12.4. The first-order valence-corrected chi connectivity index (χ1v) is 8.19. The van der Waals surface area contributed by atoms with E-state index < -0.39 is 0 Å². The van der Waals surface area contributed by atoms with Gasteiger partial charge in [-0.3, -0.25) is 9.89 Å². The molecule has 0 aliphatic rings. The van der Waals surface area contributed by atoms with Crippen LogP contribution in [0, 0.1) is 27.7 Å². The van der Waals surface area contributed by atoms with Crippen molar-refractivity contribution in [2.45, 2.75) is 27.7 Å². The summed E-state index contributed by atoms with van der Waals surface area (Å²) in [6, 6.07) is 3.84. The standard InChI is InChI=1S/C18H18N6O2/c1-8-9(2)22-23-16(8)18(25)20-13-5-12-6-14(21-17(12)19-7-13)15-10(3)24-26-11(15)4/h5-7H,1-4H3,(H,19,21)(H,20,25)(H,22,23). The lowest BCUT2D eigenvalue weighted by molar-refractivity contribution is 0.102. The van der Waals surface area contributed by atoms with Crippen molar-refractivity contribution in [1.29, 1.82) is 0 Å². The van der Waals surface area contributed by atoms with Crippen LogP contribution in [0.4, 0.5) is 5.69 Å². The highest BCUT2D eigenvalue weighted by atomic mass is 16.5. The Hall–Kier alpha value is -3.42. The van der Waals surface area contributed by atoms with E-state index in [1.807, 2.05) is 39.8 Å². The zero-order chi connectivity index (χ0) is 18.4. The van der Waals surface area contributed by atoms with Gasteiger partial charge in [-0.05, 0) is 39.8 Å². The number of nitrogens with one attached hydrogen (secondary N) is 3. The lowest BCUT2D eigenvalue weighted by Crippen LogP contribution is -2.13. The van der Waals surface area contributed by atoms with Gasteiger partial charge in [0.2, 0.25) is 0 Å². The van der Waals surface area contributed by atoms with Crippen molar-refractivity contribution in [2.24, 2.45) is 0 Å². The van der Waals surface area contributed by atoms with Crippen molar-refractivity contribution in [3.05, 3.63) is 46.7 Å². The Morgan fingerprint density at radius 2 is 1.96 bits per heavy atom. The van der Waals surface area contributed by atoms with Crippen LogP contribution >= 0.6 is 0 Å². The van der Waals surface area contributed by atoms with E-state index in [4.69, 9.17) is 4.52 Å². The van der Waals surface area contributed by atoms with Crippen molar-refractivity contribution in [3.8, 4) is 11.3 Å². The molecule has 0 saturated heterocycles. The predicted molar refractivity (Wildman–Crippen MR) is 97.1 cm³/mol. The summed E-state index contributed by atoms with van der Waals surface area (Å²) >= 11 is 0. The van der Waals surface area contributed by atoms with E-state index in [2.05, 4.69) is 30.6 Å². The second kappa shape index (κ2) is 5.83. The van der Waals surface area contributed by atoms with E-state index in [0.29, 0.717) is 11.4 Å². The molecule has 0 bridgehead atoms. The highest BCUT2D eigenvalue weighted by Crippen LogP contribution is 2.29. The van der Waals surface area contributed by atoms with Gasteiger partial charge in [-0.1, -0.05) is 5.16 Å². The summed E-state index contributed by atoms with van der Waals surface area (Å²) < 4.78 is 5.23. The van der Waals surface area contributed by atoms with Crippen LogP contribution in [0.5, 0.6) is 0 Å². The Morgan fingerprint density at radius 1 is 1.15 bits per heavy atom. The summed E-state index contributed by atoms with van der Waals surface area (Å²) in [7, 11) is 0. The van der Waals surface area contributed by atoms with Gasteiger partial charge in [-0.25, -0.2) is 4.98 Å². The molecule has 0 atom stereocenters. The predicted octanol–water partition coefficient (Wildman–Crippen LogP) is 3.43. The molecule has 0 aromatic carbocycles. The van der Waals surface area contributed by atoms with Gasteiger partial charge in [0.15, 0.2) is 0 Å². The summed E-state index contributed by atoms with van der Waals surface area (Å²) in [5, 5.41) is 14.5.